The zero-order valence-electron chi connectivity index (χ0n) is 11.5. The molecule has 0 unspecified atom stereocenters. The maximum absolute atomic E-state index is 12.2. The molecule has 0 saturated heterocycles. The van der Waals surface area contributed by atoms with Gasteiger partial charge in [-0.25, -0.2) is 4.79 Å². The molecule has 0 aromatic carbocycles. The van der Waals surface area contributed by atoms with Crippen LogP contribution >= 0.6 is 0 Å². The number of aromatic carboxylic acids is 1. The number of hydrogen-bond acceptors (Lipinski definition) is 3. The minimum atomic E-state index is -1.12. The fraction of sp³-hybridized carbons (Fsp3) is 0.308. The Labute approximate surface area is 115 Å². The second-order valence-electron chi connectivity index (χ2n) is 4.50. The number of hydrogen-bond donors (Lipinski definition) is 3. The van der Waals surface area contributed by atoms with Crippen LogP contribution in [0.15, 0.2) is 12.1 Å². The number of aromatic nitrogens is 3. The fourth-order valence-electron chi connectivity index (χ4n) is 1.95. The van der Waals surface area contributed by atoms with Crippen molar-refractivity contribution in [3.63, 3.8) is 0 Å². The van der Waals surface area contributed by atoms with Gasteiger partial charge in [-0.05, 0) is 25.5 Å². The number of nitrogens with zero attached hydrogens (tertiary/aromatic N) is 2. The summed E-state index contributed by atoms with van der Waals surface area (Å²) in [6.45, 7) is 3.67. The largest absolute Gasteiger partial charge is 0.477 e. The van der Waals surface area contributed by atoms with Gasteiger partial charge in [0.2, 0.25) is 0 Å². The first kappa shape index (κ1) is 13.9. The molecule has 0 saturated carbocycles. The monoisotopic (exact) mass is 276 g/mol. The molecule has 0 aliphatic rings. The summed E-state index contributed by atoms with van der Waals surface area (Å²) >= 11 is 0. The third kappa shape index (κ3) is 2.56. The van der Waals surface area contributed by atoms with Gasteiger partial charge >= 0.3 is 5.97 Å². The Kier molecular flexibility index (Phi) is 3.60. The predicted octanol–water partition coefficient (Wildman–Crippen LogP) is 1.57. The first-order chi connectivity index (χ1) is 9.42. The molecule has 2 aromatic heterocycles. The summed E-state index contributed by atoms with van der Waals surface area (Å²) in [6.07, 6.45) is 0.727. The first-order valence-electron chi connectivity index (χ1n) is 6.19. The minimum absolute atomic E-state index is 0.0336. The Morgan fingerprint density at radius 3 is 2.70 bits per heavy atom. The molecule has 106 valence electrons. The maximum Gasteiger partial charge on any atom is 0.354 e. The lowest BCUT2D eigenvalue weighted by atomic mass is 10.3. The third-order valence-corrected chi connectivity index (χ3v) is 2.94. The van der Waals surface area contributed by atoms with E-state index in [9.17, 15) is 9.59 Å². The van der Waals surface area contributed by atoms with E-state index < -0.39 is 5.97 Å². The molecule has 0 aliphatic heterocycles. The van der Waals surface area contributed by atoms with Crippen molar-refractivity contribution in [2.75, 3.05) is 5.32 Å². The van der Waals surface area contributed by atoms with Crippen molar-refractivity contribution in [3.05, 3.63) is 34.9 Å². The minimum Gasteiger partial charge on any atom is -0.477 e. The average Bonchev–Trinajstić information content (AvgIpc) is 2.92. The van der Waals surface area contributed by atoms with Gasteiger partial charge in [-0.3, -0.25) is 9.48 Å². The molecule has 0 fully saturated rings. The molecule has 0 atom stereocenters. The molecule has 2 aromatic rings. The highest BCUT2D eigenvalue weighted by atomic mass is 16.4. The lowest BCUT2D eigenvalue weighted by molar-refractivity contribution is 0.0692. The summed E-state index contributed by atoms with van der Waals surface area (Å²) < 4.78 is 1.48. The van der Waals surface area contributed by atoms with E-state index in [1.54, 1.807) is 26.1 Å². The van der Waals surface area contributed by atoms with Gasteiger partial charge in [-0.2, -0.15) is 5.10 Å². The van der Waals surface area contributed by atoms with Gasteiger partial charge in [0.15, 0.2) is 0 Å². The summed E-state index contributed by atoms with van der Waals surface area (Å²) in [4.78, 5) is 25.9. The second kappa shape index (κ2) is 5.20. The lowest BCUT2D eigenvalue weighted by Crippen LogP contribution is -2.17. The topological polar surface area (TPSA) is 100 Å². The quantitative estimate of drug-likeness (QED) is 0.789. The first-order valence-corrected chi connectivity index (χ1v) is 6.19. The van der Waals surface area contributed by atoms with Gasteiger partial charge in [-0.15, -0.1) is 0 Å². The third-order valence-electron chi connectivity index (χ3n) is 2.94. The molecule has 1 amide bonds. The molecule has 2 heterocycles. The Balaban J connectivity index is 2.27. The van der Waals surface area contributed by atoms with Crippen LogP contribution < -0.4 is 5.32 Å². The van der Waals surface area contributed by atoms with Gasteiger partial charge in [-0.1, -0.05) is 6.92 Å². The fourth-order valence-corrected chi connectivity index (χ4v) is 1.95. The smallest absolute Gasteiger partial charge is 0.354 e. The van der Waals surface area contributed by atoms with Crippen LogP contribution in [0.1, 0.15) is 39.3 Å². The zero-order valence-corrected chi connectivity index (χ0v) is 11.5. The summed E-state index contributed by atoms with van der Waals surface area (Å²) in [7, 11) is 1.68. The summed E-state index contributed by atoms with van der Waals surface area (Å²) in [6, 6.07) is 3.27. The zero-order chi connectivity index (χ0) is 14.9. The van der Waals surface area contributed by atoms with Gasteiger partial charge in [0.25, 0.3) is 5.91 Å². The molecular weight excluding hydrogens is 260 g/mol. The molecule has 0 bridgehead atoms. The van der Waals surface area contributed by atoms with Gasteiger partial charge in [0.05, 0.1) is 11.4 Å². The Hall–Kier alpha value is -2.57. The summed E-state index contributed by atoms with van der Waals surface area (Å²) in [5.74, 6) is -1.51. The normalized spacial score (nSPS) is 10.6. The number of carbonyl (C=O) groups excluding carboxylic acids is 1. The molecule has 7 nitrogen and oxygen atoms in total. The van der Waals surface area contributed by atoms with E-state index in [1.165, 1.54) is 4.68 Å². The van der Waals surface area contributed by atoms with E-state index in [4.69, 9.17) is 5.11 Å². The van der Waals surface area contributed by atoms with Crippen molar-refractivity contribution < 1.29 is 14.7 Å². The molecule has 7 heteroatoms. The van der Waals surface area contributed by atoms with Crippen LogP contribution in [0.25, 0.3) is 0 Å². The van der Waals surface area contributed by atoms with Crippen LogP contribution in [0.4, 0.5) is 5.69 Å². The number of carboxylic acids is 1. The number of nitrogens with one attached hydrogen (secondary N) is 2. The van der Waals surface area contributed by atoms with E-state index in [2.05, 4.69) is 15.4 Å². The van der Waals surface area contributed by atoms with Crippen LogP contribution in [0.3, 0.4) is 0 Å². The van der Waals surface area contributed by atoms with E-state index in [0.29, 0.717) is 11.4 Å². The second-order valence-corrected chi connectivity index (χ2v) is 4.50. The van der Waals surface area contributed by atoms with Crippen molar-refractivity contribution in [2.45, 2.75) is 20.3 Å². The number of carbonyl (C=O) groups is 2. The number of anilines is 1. The average molecular weight is 276 g/mol. The SMILES string of the molecule is CCc1cc(C(=O)Nc2cc(C)[nH]c2C(=O)O)n(C)n1. The number of aromatic amines is 1. The molecule has 3 N–H and O–H groups in total. The van der Waals surface area contributed by atoms with Crippen molar-refractivity contribution in [3.8, 4) is 0 Å². The van der Waals surface area contributed by atoms with Crippen LogP contribution in [0.5, 0.6) is 0 Å². The summed E-state index contributed by atoms with van der Waals surface area (Å²) in [5.41, 5.74) is 2.07. The van der Waals surface area contributed by atoms with Crippen molar-refractivity contribution in [2.24, 2.45) is 7.05 Å². The number of rotatable bonds is 4. The van der Waals surface area contributed by atoms with Crippen LogP contribution in [0, 0.1) is 6.92 Å². The standard InChI is InChI=1S/C13H16N4O3/c1-4-8-6-10(17(3)16-8)12(18)15-9-5-7(2)14-11(9)13(19)20/h5-6,14H,4H2,1-3H3,(H,15,18)(H,19,20). The highest BCUT2D eigenvalue weighted by Gasteiger charge is 2.18. The highest BCUT2D eigenvalue weighted by Crippen LogP contribution is 2.18. The highest BCUT2D eigenvalue weighted by molar-refractivity contribution is 6.06. The predicted molar refractivity (Wildman–Crippen MR) is 73.0 cm³/mol. The number of carboxylic acid groups (broad SMARTS) is 1. The molecule has 2 rings (SSSR count). The molecular formula is C13H16N4O3. The maximum atomic E-state index is 12.2. The number of H-pyrrole nitrogens is 1. The number of amides is 1. The van der Waals surface area contributed by atoms with E-state index >= 15 is 0 Å². The van der Waals surface area contributed by atoms with Crippen molar-refractivity contribution >= 4 is 17.6 Å². The molecule has 0 aliphatic carbocycles. The van der Waals surface area contributed by atoms with E-state index in [1.807, 2.05) is 6.92 Å². The molecule has 0 radical (unpaired) electrons. The van der Waals surface area contributed by atoms with Gasteiger partial charge < -0.3 is 15.4 Å². The summed E-state index contributed by atoms with van der Waals surface area (Å²) in [5, 5.41) is 15.8. The molecule has 0 spiro atoms. The van der Waals surface area contributed by atoms with Crippen LogP contribution in [-0.2, 0) is 13.5 Å². The number of aryl methyl sites for hydroxylation is 3. The Morgan fingerprint density at radius 2 is 2.15 bits per heavy atom. The van der Waals surface area contributed by atoms with E-state index in [-0.39, 0.29) is 17.3 Å². The van der Waals surface area contributed by atoms with Crippen LogP contribution in [-0.4, -0.2) is 31.7 Å². The Morgan fingerprint density at radius 1 is 1.45 bits per heavy atom. The molecule has 20 heavy (non-hydrogen) atoms. The lowest BCUT2D eigenvalue weighted by Gasteiger charge is -2.04. The van der Waals surface area contributed by atoms with E-state index in [0.717, 1.165) is 12.1 Å². The van der Waals surface area contributed by atoms with Crippen LogP contribution in [0.2, 0.25) is 0 Å². The van der Waals surface area contributed by atoms with Gasteiger partial charge in [0, 0.05) is 12.7 Å². The van der Waals surface area contributed by atoms with Crippen molar-refractivity contribution in [1.29, 1.82) is 0 Å². The van der Waals surface area contributed by atoms with Gasteiger partial charge in [0.1, 0.15) is 11.4 Å². The Bertz CT molecular complexity index is 669. The van der Waals surface area contributed by atoms with Crippen molar-refractivity contribution in [1.82, 2.24) is 14.8 Å².